The van der Waals surface area contributed by atoms with Gasteiger partial charge in [0, 0.05) is 26.0 Å². The largest absolute Gasteiger partial charge is 0.376 e. The van der Waals surface area contributed by atoms with Crippen molar-refractivity contribution in [3.63, 3.8) is 0 Å². The Hall–Kier alpha value is -1.15. The van der Waals surface area contributed by atoms with Gasteiger partial charge in [0.15, 0.2) is 0 Å². The molecule has 22 heavy (non-hydrogen) atoms. The minimum Gasteiger partial charge on any atom is -0.376 e. The number of aromatic nitrogens is 3. The van der Waals surface area contributed by atoms with E-state index >= 15 is 0 Å². The van der Waals surface area contributed by atoms with Crippen molar-refractivity contribution in [3.05, 3.63) is 0 Å². The zero-order valence-corrected chi connectivity index (χ0v) is 14.0. The van der Waals surface area contributed by atoms with Crippen LogP contribution in [0.25, 0.3) is 0 Å². The Bertz CT molecular complexity index is 614. The van der Waals surface area contributed by atoms with E-state index in [4.69, 9.17) is 4.74 Å². The van der Waals surface area contributed by atoms with Gasteiger partial charge in [-0.05, 0) is 31.6 Å². The van der Waals surface area contributed by atoms with Crippen LogP contribution in [0.5, 0.6) is 0 Å². The van der Waals surface area contributed by atoms with Crippen molar-refractivity contribution in [2.75, 3.05) is 30.9 Å². The van der Waals surface area contributed by atoms with Crippen molar-refractivity contribution >= 4 is 15.8 Å². The van der Waals surface area contributed by atoms with E-state index < -0.39 is 9.84 Å². The van der Waals surface area contributed by atoms with Crippen LogP contribution >= 0.6 is 0 Å². The molecule has 1 unspecified atom stereocenters. The van der Waals surface area contributed by atoms with Crippen LogP contribution in [-0.2, 0) is 21.1 Å². The molecular formula is C14H24N4O3S. The third kappa shape index (κ3) is 3.27. The number of anilines is 1. The van der Waals surface area contributed by atoms with E-state index in [1.54, 1.807) is 4.57 Å². The summed E-state index contributed by atoms with van der Waals surface area (Å²) < 4.78 is 31.4. The van der Waals surface area contributed by atoms with Gasteiger partial charge in [-0.1, -0.05) is 6.92 Å². The number of hydrogen-bond donors (Lipinski definition) is 0. The number of ether oxygens (including phenoxy) is 1. The van der Waals surface area contributed by atoms with Gasteiger partial charge in [0.1, 0.15) is 0 Å². The monoisotopic (exact) mass is 328 g/mol. The van der Waals surface area contributed by atoms with Gasteiger partial charge in [-0.25, -0.2) is 8.42 Å². The molecule has 3 heterocycles. The van der Waals surface area contributed by atoms with Crippen molar-refractivity contribution in [1.29, 1.82) is 0 Å². The quantitative estimate of drug-likeness (QED) is 0.823. The van der Waals surface area contributed by atoms with Crippen molar-refractivity contribution < 1.29 is 13.2 Å². The lowest BCUT2D eigenvalue weighted by Crippen LogP contribution is -2.35. The van der Waals surface area contributed by atoms with Crippen molar-refractivity contribution in [1.82, 2.24) is 14.8 Å². The fourth-order valence-corrected chi connectivity index (χ4v) is 3.90. The predicted molar refractivity (Wildman–Crippen MR) is 82.7 cm³/mol. The number of piperidine rings is 1. The lowest BCUT2D eigenvalue weighted by Gasteiger charge is -2.31. The second-order valence-corrected chi connectivity index (χ2v) is 8.38. The first kappa shape index (κ1) is 15.7. The Morgan fingerprint density at radius 1 is 1.23 bits per heavy atom. The summed E-state index contributed by atoms with van der Waals surface area (Å²) in [5.74, 6) is 1.38. The number of hydrogen-bond acceptors (Lipinski definition) is 6. The average molecular weight is 328 g/mol. The van der Waals surface area contributed by atoms with Crippen molar-refractivity contribution in [2.24, 2.45) is 5.92 Å². The van der Waals surface area contributed by atoms with E-state index in [-0.39, 0.29) is 11.3 Å². The smallest absolute Gasteiger partial charge is 0.250 e. The minimum absolute atomic E-state index is 0.0524. The van der Waals surface area contributed by atoms with Gasteiger partial charge >= 0.3 is 0 Å². The maximum absolute atomic E-state index is 12.0. The molecule has 0 N–H and O–H groups in total. The fraction of sp³-hybridized carbons (Fsp3) is 0.857. The summed E-state index contributed by atoms with van der Waals surface area (Å²) in [6, 6.07) is 0. The van der Waals surface area contributed by atoms with Gasteiger partial charge < -0.3 is 9.64 Å². The molecule has 0 bridgehead atoms. The first-order valence-electron chi connectivity index (χ1n) is 7.95. The Morgan fingerprint density at radius 3 is 2.55 bits per heavy atom. The minimum atomic E-state index is -3.40. The standard InChI is InChI=1S/C14H24N4O3S/c1-11-5-7-17(8-6-11)13-15-16-14(22(2,19)20)18(13)10-12-4-3-9-21-12/h11-12H,3-10H2,1-2H3. The van der Waals surface area contributed by atoms with E-state index in [2.05, 4.69) is 22.0 Å². The summed E-state index contributed by atoms with van der Waals surface area (Å²) >= 11 is 0. The normalized spacial score (nSPS) is 24.1. The van der Waals surface area contributed by atoms with E-state index in [0.717, 1.165) is 45.4 Å². The van der Waals surface area contributed by atoms with E-state index in [9.17, 15) is 8.42 Å². The Kier molecular flexibility index (Phi) is 4.40. The summed E-state index contributed by atoms with van der Waals surface area (Å²) in [6.07, 6.45) is 5.42. The average Bonchev–Trinajstić information content (AvgIpc) is 3.09. The topological polar surface area (TPSA) is 77.3 Å². The van der Waals surface area contributed by atoms with Crippen LogP contribution in [-0.4, -0.2) is 55.2 Å². The zero-order valence-electron chi connectivity index (χ0n) is 13.2. The van der Waals surface area contributed by atoms with Gasteiger partial charge in [0.2, 0.25) is 15.8 Å². The third-order valence-corrected chi connectivity index (χ3v) is 5.47. The van der Waals surface area contributed by atoms with E-state index in [1.165, 1.54) is 6.26 Å². The molecule has 7 nitrogen and oxygen atoms in total. The van der Waals surface area contributed by atoms with Crippen molar-refractivity contribution in [2.45, 2.75) is 50.4 Å². The highest BCUT2D eigenvalue weighted by atomic mass is 32.2. The van der Waals surface area contributed by atoms with Crippen LogP contribution in [0.2, 0.25) is 0 Å². The van der Waals surface area contributed by atoms with E-state index in [1.807, 2.05) is 0 Å². The predicted octanol–water partition coefficient (Wildman–Crippen LogP) is 1.10. The molecule has 2 fully saturated rings. The van der Waals surface area contributed by atoms with Crippen LogP contribution in [0, 0.1) is 5.92 Å². The summed E-state index contributed by atoms with van der Waals surface area (Å²) in [4.78, 5) is 2.15. The maximum atomic E-state index is 12.0. The number of sulfone groups is 1. The van der Waals surface area contributed by atoms with Crippen molar-refractivity contribution in [3.8, 4) is 0 Å². The Balaban J connectivity index is 1.90. The zero-order chi connectivity index (χ0) is 15.7. The van der Waals surface area contributed by atoms with Crippen LogP contribution in [0.15, 0.2) is 5.16 Å². The molecule has 0 amide bonds. The molecule has 2 aliphatic heterocycles. The van der Waals surface area contributed by atoms with Gasteiger partial charge in [-0.2, -0.15) is 0 Å². The molecule has 124 valence electrons. The van der Waals surface area contributed by atoms with E-state index in [0.29, 0.717) is 18.4 Å². The lowest BCUT2D eigenvalue weighted by atomic mass is 10.00. The molecule has 8 heteroatoms. The SMILES string of the molecule is CC1CCN(c2nnc(S(C)(=O)=O)n2CC2CCCO2)CC1. The number of nitrogens with zero attached hydrogens (tertiary/aromatic N) is 4. The van der Waals surface area contributed by atoms with Gasteiger partial charge in [0.25, 0.3) is 5.16 Å². The molecule has 0 saturated carbocycles. The molecule has 2 aliphatic rings. The fourth-order valence-electron chi connectivity index (χ4n) is 3.15. The summed E-state index contributed by atoms with van der Waals surface area (Å²) in [5, 5.41) is 8.18. The maximum Gasteiger partial charge on any atom is 0.250 e. The Morgan fingerprint density at radius 2 is 1.95 bits per heavy atom. The Labute approximate surface area is 131 Å². The highest BCUT2D eigenvalue weighted by Gasteiger charge is 2.28. The van der Waals surface area contributed by atoms with Crippen LogP contribution < -0.4 is 4.90 Å². The molecule has 0 radical (unpaired) electrons. The number of rotatable bonds is 4. The first-order chi connectivity index (χ1) is 10.4. The molecule has 1 atom stereocenters. The second kappa shape index (κ2) is 6.16. The lowest BCUT2D eigenvalue weighted by molar-refractivity contribution is 0.0950. The van der Waals surface area contributed by atoms with Gasteiger partial charge in [0.05, 0.1) is 12.6 Å². The molecule has 0 aliphatic carbocycles. The molecule has 0 aromatic carbocycles. The first-order valence-corrected chi connectivity index (χ1v) is 9.84. The third-order valence-electron chi connectivity index (χ3n) is 4.51. The van der Waals surface area contributed by atoms with Gasteiger partial charge in [-0.3, -0.25) is 4.57 Å². The summed E-state index contributed by atoms with van der Waals surface area (Å²) in [6.45, 7) is 5.30. The summed E-state index contributed by atoms with van der Waals surface area (Å²) in [5.41, 5.74) is 0. The molecule has 2 saturated heterocycles. The van der Waals surface area contributed by atoms with Crippen LogP contribution in [0.3, 0.4) is 0 Å². The highest BCUT2D eigenvalue weighted by Crippen LogP contribution is 2.25. The molecule has 0 spiro atoms. The highest BCUT2D eigenvalue weighted by molar-refractivity contribution is 7.90. The van der Waals surface area contributed by atoms with Crippen LogP contribution in [0.1, 0.15) is 32.6 Å². The summed E-state index contributed by atoms with van der Waals surface area (Å²) in [7, 11) is -3.40. The second-order valence-electron chi connectivity index (χ2n) is 6.47. The molecule has 3 rings (SSSR count). The van der Waals surface area contributed by atoms with Gasteiger partial charge in [-0.15, -0.1) is 10.2 Å². The molecule has 1 aromatic heterocycles. The molecular weight excluding hydrogens is 304 g/mol. The van der Waals surface area contributed by atoms with Crippen LogP contribution in [0.4, 0.5) is 5.95 Å². The molecule has 1 aromatic rings.